The Bertz CT molecular complexity index is 1250. The molecule has 1 amide bonds. The van der Waals surface area contributed by atoms with Crippen molar-refractivity contribution in [3.05, 3.63) is 84.2 Å². The summed E-state index contributed by atoms with van der Waals surface area (Å²) < 4.78 is 11.0. The van der Waals surface area contributed by atoms with Crippen LogP contribution < -0.4 is 5.43 Å². The number of benzene rings is 2. The minimum atomic E-state index is -0.830. The topological polar surface area (TPSA) is 103 Å². The second-order valence-corrected chi connectivity index (χ2v) is 7.42. The van der Waals surface area contributed by atoms with E-state index in [2.05, 4.69) is 0 Å². The summed E-state index contributed by atoms with van der Waals surface area (Å²) in [6, 6.07) is 8.19. The average Bonchev–Trinajstić information content (AvgIpc) is 3.00. The monoisotopic (exact) mass is 428 g/mol. The number of aryl methyl sites for hydroxylation is 1. The van der Waals surface area contributed by atoms with Crippen LogP contribution in [0.2, 0.25) is 5.02 Å². The summed E-state index contributed by atoms with van der Waals surface area (Å²) in [5.74, 6) is -0.535. The Morgan fingerprint density at radius 1 is 1.27 bits per heavy atom. The van der Waals surface area contributed by atoms with Gasteiger partial charge in [-0.25, -0.2) is 0 Å². The maximum absolute atomic E-state index is 13.4. The molecule has 0 saturated carbocycles. The molecule has 4 rings (SSSR count). The second-order valence-electron chi connectivity index (χ2n) is 7.02. The molecule has 0 aliphatic carbocycles. The van der Waals surface area contributed by atoms with Gasteiger partial charge in [-0.05, 0) is 30.2 Å². The number of nitro groups is 1. The molecule has 1 aliphatic heterocycles. The maximum Gasteiger partial charge on any atom is 0.290 e. The van der Waals surface area contributed by atoms with Gasteiger partial charge in [-0.1, -0.05) is 23.7 Å². The first kappa shape index (κ1) is 20.1. The highest BCUT2D eigenvalue weighted by Crippen LogP contribution is 2.39. The van der Waals surface area contributed by atoms with Crippen molar-refractivity contribution in [1.82, 2.24) is 4.90 Å². The third-order valence-corrected chi connectivity index (χ3v) is 5.59. The van der Waals surface area contributed by atoms with Crippen LogP contribution in [-0.2, 0) is 4.74 Å². The Labute approximate surface area is 175 Å². The SMILES string of the molecule is COCCN1C(=O)c2oc3cc(C)c(Cl)cc3c(=O)c2[C@@H]1c1cccc([N+](=O)[O-])c1. The van der Waals surface area contributed by atoms with Crippen LogP contribution in [0.25, 0.3) is 11.0 Å². The highest BCUT2D eigenvalue weighted by molar-refractivity contribution is 6.32. The molecular weight excluding hydrogens is 412 g/mol. The van der Waals surface area contributed by atoms with Crippen LogP contribution >= 0.6 is 11.6 Å². The van der Waals surface area contributed by atoms with E-state index in [-0.39, 0.29) is 41.1 Å². The third-order valence-electron chi connectivity index (χ3n) is 5.18. The zero-order valence-electron chi connectivity index (χ0n) is 16.2. The van der Waals surface area contributed by atoms with Gasteiger partial charge in [0.1, 0.15) is 5.58 Å². The number of carbonyl (C=O) groups excluding carboxylic acids is 1. The van der Waals surface area contributed by atoms with Crippen molar-refractivity contribution in [2.45, 2.75) is 13.0 Å². The number of ether oxygens (including phenoxy) is 1. The lowest BCUT2D eigenvalue weighted by molar-refractivity contribution is -0.384. The molecule has 0 bridgehead atoms. The van der Waals surface area contributed by atoms with Gasteiger partial charge in [0.05, 0.1) is 28.5 Å². The Kier molecular flexibility index (Phi) is 5.05. The Hall–Kier alpha value is -3.23. The predicted molar refractivity (Wildman–Crippen MR) is 110 cm³/mol. The van der Waals surface area contributed by atoms with Crippen LogP contribution in [0.3, 0.4) is 0 Å². The second kappa shape index (κ2) is 7.55. The van der Waals surface area contributed by atoms with Gasteiger partial charge in [0, 0.05) is 30.8 Å². The largest absolute Gasteiger partial charge is 0.450 e. The number of nitrogens with zero attached hydrogens (tertiary/aromatic N) is 2. The van der Waals surface area contributed by atoms with E-state index in [1.54, 1.807) is 19.1 Å². The average molecular weight is 429 g/mol. The molecule has 3 aromatic rings. The Morgan fingerprint density at radius 2 is 2.03 bits per heavy atom. The highest BCUT2D eigenvalue weighted by atomic mass is 35.5. The fraction of sp³-hybridized carbons (Fsp3) is 0.238. The third kappa shape index (κ3) is 3.14. The van der Waals surface area contributed by atoms with Gasteiger partial charge in [-0.15, -0.1) is 0 Å². The molecule has 0 spiro atoms. The first-order valence-electron chi connectivity index (χ1n) is 9.14. The first-order chi connectivity index (χ1) is 14.3. The van der Waals surface area contributed by atoms with Crippen LogP contribution in [0.4, 0.5) is 5.69 Å². The van der Waals surface area contributed by atoms with E-state index in [1.807, 2.05) is 0 Å². The van der Waals surface area contributed by atoms with Crippen molar-refractivity contribution in [2.75, 3.05) is 20.3 Å². The zero-order valence-corrected chi connectivity index (χ0v) is 16.9. The number of halogens is 1. The summed E-state index contributed by atoms with van der Waals surface area (Å²) in [5.41, 5.74) is 1.03. The first-order valence-corrected chi connectivity index (χ1v) is 9.52. The van der Waals surface area contributed by atoms with E-state index in [1.165, 1.54) is 36.3 Å². The van der Waals surface area contributed by atoms with E-state index < -0.39 is 22.3 Å². The fourth-order valence-corrected chi connectivity index (χ4v) is 3.88. The number of fused-ring (bicyclic) bond motifs is 2. The van der Waals surface area contributed by atoms with Crippen LogP contribution in [0, 0.1) is 17.0 Å². The molecule has 0 N–H and O–H groups in total. The van der Waals surface area contributed by atoms with Crippen molar-refractivity contribution in [2.24, 2.45) is 0 Å². The normalized spacial score (nSPS) is 15.6. The summed E-state index contributed by atoms with van der Waals surface area (Å²) in [7, 11) is 1.50. The molecule has 8 nitrogen and oxygen atoms in total. The molecule has 0 radical (unpaired) electrons. The summed E-state index contributed by atoms with van der Waals surface area (Å²) >= 11 is 6.20. The van der Waals surface area contributed by atoms with E-state index in [0.717, 1.165) is 0 Å². The van der Waals surface area contributed by atoms with E-state index in [4.69, 9.17) is 20.8 Å². The van der Waals surface area contributed by atoms with E-state index in [9.17, 15) is 19.7 Å². The van der Waals surface area contributed by atoms with Crippen molar-refractivity contribution in [1.29, 1.82) is 0 Å². The van der Waals surface area contributed by atoms with Crippen molar-refractivity contribution < 1.29 is 18.9 Å². The molecule has 1 atom stereocenters. The minimum Gasteiger partial charge on any atom is -0.450 e. The summed E-state index contributed by atoms with van der Waals surface area (Å²) in [6.45, 7) is 2.18. The minimum absolute atomic E-state index is 0.0677. The summed E-state index contributed by atoms with van der Waals surface area (Å²) in [4.78, 5) is 38.7. The van der Waals surface area contributed by atoms with Gasteiger partial charge in [0.2, 0.25) is 5.76 Å². The number of non-ortho nitro benzene ring substituents is 1. The van der Waals surface area contributed by atoms with Gasteiger partial charge in [0.15, 0.2) is 5.43 Å². The molecular formula is C21H17ClN2O6. The van der Waals surface area contributed by atoms with Gasteiger partial charge in [0.25, 0.3) is 11.6 Å². The number of methoxy groups -OCH3 is 1. The molecule has 0 fully saturated rings. The molecule has 0 unspecified atom stereocenters. The van der Waals surface area contributed by atoms with Gasteiger partial charge in [-0.2, -0.15) is 0 Å². The maximum atomic E-state index is 13.4. The van der Waals surface area contributed by atoms with Crippen LogP contribution in [-0.4, -0.2) is 36.0 Å². The Balaban J connectivity index is 1.99. The Morgan fingerprint density at radius 3 is 2.73 bits per heavy atom. The van der Waals surface area contributed by atoms with Gasteiger partial charge in [-0.3, -0.25) is 19.7 Å². The van der Waals surface area contributed by atoms with Crippen LogP contribution in [0.1, 0.15) is 33.3 Å². The number of carbonyl (C=O) groups is 1. The molecule has 154 valence electrons. The molecule has 2 aromatic carbocycles. The summed E-state index contributed by atoms with van der Waals surface area (Å²) in [6.07, 6.45) is 0. The number of rotatable bonds is 5. The van der Waals surface area contributed by atoms with Crippen LogP contribution in [0.5, 0.6) is 0 Å². The lowest BCUT2D eigenvalue weighted by Crippen LogP contribution is -2.32. The molecule has 1 aromatic heterocycles. The molecule has 0 saturated heterocycles. The summed E-state index contributed by atoms with van der Waals surface area (Å²) in [5, 5.41) is 11.9. The number of amides is 1. The van der Waals surface area contributed by atoms with Crippen molar-refractivity contribution in [3.63, 3.8) is 0 Å². The van der Waals surface area contributed by atoms with Crippen molar-refractivity contribution >= 4 is 34.2 Å². The molecule has 1 aliphatic rings. The predicted octanol–water partition coefficient (Wildman–Crippen LogP) is 3.85. The van der Waals surface area contributed by atoms with Gasteiger partial charge >= 0.3 is 0 Å². The van der Waals surface area contributed by atoms with E-state index >= 15 is 0 Å². The molecule has 30 heavy (non-hydrogen) atoms. The lowest BCUT2D eigenvalue weighted by atomic mass is 9.98. The molecule has 9 heteroatoms. The fourth-order valence-electron chi connectivity index (χ4n) is 3.72. The number of nitro benzene ring substituents is 1. The zero-order chi connectivity index (χ0) is 21.6. The molecule has 2 heterocycles. The van der Waals surface area contributed by atoms with Gasteiger partial charge < -0.3 is 14.1 Å². The standard InChI is InChI=1S/C21H17ClN2O6/c1-11-8-16-14(10-15(11)22)19(25)17-18(12-4-3-5-13(9-12)24(27)28)23(6-7-29-2)21(26)20(17)30-16/h3-5,8-10,18H,6-7H2,1-2H3/t18-/m0/s1. The highest BCUT2D eigenvalue weighted by Gasteiger charge is 2.42. The quantitative estimate of drug-likeness (QED) is 0.451. The van der Waals surface area contributed by atoms with Crippen molar-refractivity contribution in [3.8, 4) is 0 Å². The van der Waals surface area contributed by atoms with Crippen LogP contribution in [0.15, 0.2) is 45.6 Å². The smallest absolute Gasteiger partial charge is 0.290 e. The number of hydrogen-bond acceptors (Lipinski definition) is 6. The lowest BCUT2D eigenvalue weighted by Gasteiger charge is -2.24. The number of hydrogen-bond donors (Lipinski definition) is 0. The van der Waals surface area contributed by atoms with E-state index in [0.29, 0.717) is 16.1 Å².